The summed E-state index contributed by atoms with van der Waals surface area (Å²) in [7, 11) is -3.65. The van der Waals surface area contributed by atoms with E-state index in [1.807, 2.05) is 0 Å². The molecule has 0 aromatic heterocycles. The Morgan fingerprint density at radius 1 is 1.38 bits per heavy atom. The maximum Gasteiger partial charge on any atom is 0.250 e. The van der Waals surface area contributed by atoms with E-state index in [-0.39, 0.29) is 11.3 Å². The van der Waals surface area contributed by atoms with Crippen molar-refractivity contribution in [3.8, 4) is 0 Å². The second-order valence-corrected chi connectivity index (χ2v) is 4.90. The van der Waals surface area contributed by atoms with Gasteiger partial charge >= 0.3 is 0 Å². The summed E-state index contributed by atoms with van der Waals surface area (Å²) in [6.07, 6.45) is 0. The van der Waals surface area contributed by atoms with E-state index in [0.717, 1.165) is 0 Å². The number of carbonyl (C=O) groups is 1. The highest BCUT2D eigenvalue weighted by atomic mass is 32.2. The number of sulfonamides is 1. The molecular formula is C9H12N2O4S. The summed E-state index contributed by atoms with van der Waals surface area (Å²) in [6.45, 7) is -0.492. The number of nitrogens with two attached hydrogens (primary N) is 1. The Morgan fingerprint density at radius 3 is 2.56 bits per heavy atom. The Balaban J connectivity index is 3.02. The summed E-state index contributed by atoms with van der Waals surface area (Å²) in [5.74, 6) is -1.15. The van der Waals surface area contributed by atoms with Gasteiger partial charge < -0.3 is 10.8 Å². The van der Waals surface area contributed by atoms with Crippen LogP contribution in [0.3, 0.4) is 0 Å². The van der Waals surface area contributed by atoms with Crippen LogP contribution in [-0.2, 0) is 10.0 Å². The number of carbonyl (C=O) groups excluding carboxylic acids is 1. The molecular weight excluding hydrogens is 232 g/mol. The second-order valence-electron chi connectivity index (χ2n) is 3.05. The van der Waals surface area contributed by atoms with Gasteiger partial charge in [0, 0.05) is 0 Å². The Kier molecular flexibility index (Phi) is 3.86. The summed E-state index contributed by atoms with van der Waals surface area (Å²) in [5, 5.41) is 8.55. The molecule has 6 nitrogen and oxygen atoms in total. The first-order valence-corrected chi connectivity index (χ1v) is 6.11. The number of para-hydroxylation sites is 1. The van der Waals surface area contributed by atoms with Crippen LogP contribution in [0.25, 0.3) is 0 Å². The van der Waals surface area contributed by atoms with Crippen LogP contribution in [0.15, 0.2) is 24.3 Å². The highest BCUT2D eigenvalue weighted by molar-refractivity contribution is 7.92. The fraction of sp³-hybridized carbons (Fsp3) is 0.222. The zero-order chi connectivity index (χ0) is 12.2. The maximum absolute atomic E-state index is 11.4. The summed E-state index contributed by atoms with van der Waals surface area (Å²) in [6, 6.07) is 5.99. The number of benzene rings is 1. The number of rotatable bonds is 5. The molecule has 0 aliphatic heterocycles. The smallest absolute Gasteiger partial charge is 0.250 e. The SMILES string of the molecule is NC(=O)c1ccccc1NS(=O)(=O)CCO. The lowest BCUT2D eigenvalue weighted by atomic mass is 10.2. The lowest BCUT2D eigenvalue weighted by Gasteiger charge is -2.09. The van der Waals surface area contributed by atoms with Gasteiger partial charge in [0.2, 0.25) is 10.0 Å². The molecule has 0 aliphatic rings. The van der Waals surface area contributed by atoms with Gasteiger partial charge in [0.15, 0.2) is 0 Å². The molecule has 0 spiro atoms. The second kappa shape index (κ2) is 4.95. The third-order valence-corrected chi connectivity index (χ3v) is 3.07. The molecule has 1 aromatic carbocycles. The van der Waals surface area contributed by atoms with Gasteiger partial charge in [-0.1, -0.05) is 12.1 Å². The fourth-order valence-electron chi connectivity index (χ4n) is 1.13. The van der Waals surface area contributed by atoms with Crippen LogP contribution in [0.5, 0.6) is 0 Å². The Labute approximate surface area is 93.1 Å². The number of aliphatic hydroxyl groups excluding tert-OH is 1. The minimum Gasteiger partial charge on any atom is -0.395 e. The van der Waals surface area contributed by atoms with E-state index < -0.39 is 28.3 Å². The third kappa shape index (κ3) is 3.21. The normalized spacial score (nSPS) is 11.1. The van der Waals surface area contributed by atoms with Crippen LogP contribution in [-0.4, -0.2) is 31.8 Å². The molecule has 0 bridgehead atoms. The van der Waals surface area contributed by atoms with Crippen LogP contribution in [0.2, 0.25) is 0 Å². The first kappa shape index (κ1) is 12.5. The molecule has 0 fully saturated rings. The quantitative estimate of drug-likeness (QED) is 0.649. The van der Waals surface area contributed by atoms with E-state index in [1.54, 1.807) is 12.1 Å². The number of hydrogen-bond donors (Lipinski definition) is 3. The lowest BCUT2D eigenvalue weighted by molar-refractivity contribution is 0.100. The van der Waals surface area contributed by atoms with E-state index in [9.17, 15) is 13.2 Å². The Morgan fingerprint density at radius 2 is 2.00 bits per heavy atom. The van der Waals surface area contributed by atoms with Crippen LogP contribution in [0, 0.1) is 0 Å². The van der Waals surface area contributed by atoms with E-state index >= 15 is 0 Å². The van der Waals surface area contributed by atoms with Gasteiger partial charge in [-0.2, -0.15) is 0 Å². The maximum atomic E-state index is 11.4. The standard InChI is InChI=1S/C9H12N2O4S/c10-9(13)7-3-1-2-4-8(7)11-16(14,15)6-5-12/h1-4,11-12H,5-6H2,(H2,10,13). The van der Waals surface area contributed by atoms with E-state index in [1.165, 1.54) is 12.1 Å². The molecule has 0 unspecified atom stereocenters. The van der Waals surface area contributed by atoms with Crippen molar-refractivity contribution >= 4 is 21.6 Å². The molecule has 88 valence electrons. The summed E-state index contributed by atoms with van der Waals surface area (Å²) < 4.78 is 24.9. The zero-order valence-electron chi connectivity index (χ0n) is 8.38. The van der Waals surface area contributed by atoms with Crippen molar-refractivity contribution in [2.24, 2.45) is 5.73 Å². The van der Waals surface area contributed by atoms with Crippen LogP contribution in [0.4, 0.5) is 5.69 Å². The summed E-state index contributed by atoms with van der Waals surface area (Å²) in [4.78, 5) is 11.0. The van der Waals surface area contributed by atoms with Gasteiger partial charge in [-0.15, -0.1) is 0 Å². The van der Waals surface area contributed by atoms with Gasteiger partial charge in [0.1, 0.15) is 0 Å². The van der Waals surface area contributed by atoms with Crippen LogP contribution in [0.1, 0.15) is 10.4 Å². The number of nitrogens with one attached hydrogen (secondary N) is 1. The number of primary amides is 1. The zero-order valence-corrected chi connectivity index (χ0v) is 9.20. The molecule has 1 amide bonds. The molecule has 0 saturated carbocycles. The molecule has 1 rings (SSSR count). The average Bonchev–Trinajstić information content (AvgIpc) is 2.17. The van der Waals surface area contributed by atoms with Gasteiger partial charge in [-0.05, 0) is 12.1 Å². The molecule has 7 heteroatoms. The van der Waals surface area contributed by atoms with Gasteiger partial charge in [-0.3, -0.25) is 9.52 Å². The molecule has 0 atom stereocenters. The summed E-state index contributed by atoms with van der Waals surface area (Å²) >= 11 is 0. The molecule has 0 aliphatic carbocycles. The fourth-order valence-corrected chi connectivity index (χ4v) is 1.98. The van der Waals surface area contributed by atoms with Gasteiger partial charge in [-0.25, -0.2) is 8.42 Å². The molecule has 0 heterocycles. The van der Waals surface area contributed by atoms with Gasteiger partial charge in [0.25, 0.3) is 5.91 Å². The first-order chi connectivity index (χ1) is 7.46. The molecule has 16 heavy (non-hydrogen) atoms. The number of hydrogen-bond acceptors (Lipinski definition) is 4. The Bertz CT molecular complexity index is 484. The predicted octanol–water partition coefficient (Wildman–Crippen LogP) is -0.481. The monoisotopic (exact) mass is 244 g/mol. The third-order valence-electron chi connectivity index (χ3n) is 1.82. The van der Waals surface area contributed by atoms with E-state index in [2.05, 4.69) is 4.72 Å². The largest absolute Gasteiger partial charge is 0.395 e. The van der Waals surface area contributed by atoms with Crippen molar-refractivity contribution in [2.75, 3.05) is 17.1 Å². The lowest BCUT2D eigenvalue weighted by Crippen LogP contribution is -2.21. The van der Waals surface area contributed by atoms with Crippen molar-refractivity contribution in [3.63, 3.8) is 0 Å². The Hall–Kier alpha value is -1.60. The number of aliphatic hydroxyl groups is 1. The van der Waals surface area contributed by atoms with Gasteiger partial charge in [0.05, 0.1) is 23.6 Å². The molecule has 0 radical (unpaired) electrons. The summed E-state index contributed by atoms with van der Waals surface area (Å²) in [5.41, 5.74) is 5.29. The predicted molar refractivity (Wildman–Crippen MR) is 59.5 cm³/mol. The van der Waals surface area contributed by atoms with E-state index in [4.69, 9.17) is 10.8 Å². The highest BCUT2D eigenvalue weighted by Crippen LogP contribution is 2.15. The number of amides is 1. The van der Waals surface area contributed by atoms with Crippen molar-refractivity contribution in [1.29, 1.82) is 0 Å². The van der Waals surface area contributed by atoms with Crippen molar-refractivity contribution in [3.05, 3.63) is 29.8 Å². The van der Waals surface area contributed by atoms with E-state index in [0.29, 0.717) is 0 Å². The van der Waals surface area contributed by atoms with Crippen LogP contribution < -0.4 is 10.5 Å². The van der Waals surface area contributed by atoms with Crippen molar-refractivity contribution in [1.82, 2.24) is 0 Å². The first-order valence-electron chi connectivity index (χ1n) is 4.46. The van der Waals surface area contributed by atoms with Crippen LogP contribution >= 0.6 is 0 Å². The van der Waals surface area contributed by atoms with Crippen molar-refractivity contribution in [2.45, 2.75) is 0 Å². The minimum atomic E-state index is -3.65. The molecule has 1 aromatic rings. The highest BCUT2D eigenvalue weighted by Gasteiger charge is 2.13. The molecule has 4 N–H and O–H groups in total. The molecule has 0 saturated heterocycles. The topological polar surface area (TPSA) is 109 Å². The van der Waals surface area contributed by atoms with Crippen molar-refractivity contribution < 1.29 is 18.3 Å². The number of anilines is 1. The minimum absolute atomic E-state index is 0.0871. The average molecular weight is 244 g/mol.